The van der Waals surface area contributed by atoms with E-state index in [-0.39, 0.29) is 0 Å². The standard InChI is InChI=1S/C13H14N2O.C4H7N/c1-3-12(9-16)15-8-11-6-4-5-7-13(11)10(2)14;1-3-4-5-2/h3-7,15H,1-2,8,14H2;1,5H,4H2,2H3. The van der Waals surface area contributed by atoms with E-state index in [0.717, 1.165) is 11.1 Å². The summed E-state index contributed by atoms with van der Waals surface area (Å²) in [5.74, 6) is 4.16. The molecule has 1 aromatic carbocycles. The Labute approximate surface area is 126 Å². The first-order valence-corrected chi connectivity index (χ1v) is 6.32. The van der Waals surface area contributed by atoms with Crippen LogP contribution < -0.4 is 16.4 Å². The van der Waals surface area contributed by atoms with Crippen molar-refractivity contribution in [1.29, 1.82) is 0 Å². The first-order valence-electron chi connectivity index (χ1n) is 6.32. The lowest BCUT2D eigenvalue weighted by Crippen LogP contribution is -2.13. The number of allylic oxidation sites excluding steroid dienone is 1. The van der Waals surface area contributed by atoms with Gasteiger partial charge in [0.1, 0.15) is 11.6 Å². The molecule has 21 heavy (non-hydrogen) atoms. The van der Waals surface area contributed by atoms with Crippen molar-refractivity contribution in [2.75, 3.05) is 13.6 Å². The Balaban J connectivity index is 0.000000690. The highest BCUT2D eigenvalue weighted by molar-refractivity contribution is 5.63. The van der Waals surface area contributed by atoms with Gasteiger partial charge in [-0.05, 0) is 18.7 Å². The topological polar surface area (TPSA) is 67.2 Å². The van der Waals surface area contributed by atoms with E-state index in [2.05, 4.69) is 29.7 Å². The third kappa shape index (κ3) is 7.44. The third-order valence-electron chi connectivity index (χ3n) is 2.43. The lowest BCUT2D eigenvalue weighted by Gasteiger charge is -2.09. The number of nitrogens with one attached hydrogen (secondary N) is 2. The van der Waals surface area contributed by atoms with Crippen LogP contribution in [0.2, 0.25) is 0 Å². The molecule has 110 valence electrons. The van der Waals surface area contributed by atoms with Gasteiger partial charge in [0, 0.05) is 17.8 Å². The number of rotatable bonds is 6. The molecular weight excluding hydrogens is 262 g/mol. The van der Waals surface area contributed by atoms with Crippen molar-refractivity contribution in [2.45, 2.75) is 6.54 Å². The van der Waals surface area contributed by atoms with Gasteiger partial charge in [-0.3, -0.25) is 0 Å². The maximum absolute atomic E-state index is 10.4. The number of hydrogen-bond acceptors (Lipinski definition) is 4. The van der Waals surface area contributed by atoms with E-state index in [1.165, 1.54) is 6.08 Å². The van der Waals surface area contributed by atoms with Crippen LogP contribution in [-0.4, -0.2) is 19.5 Å². The molecule has 0 bridgehead atoms. The van der Waals surface area contributed by atoms with Crippen LogP contribution in [0.5, 0.6) is 0 Å². The molecule has 0 fully saturated rings. The first-order chi connectivity index (χ1) is 10.1. The second-order valence-electron chi connectivity index (χ2n) is 3.99. The first kappa shape index (κ1) is 18.3. The van der Waals surface area contributed by atoms with Gasteiger partial charge in [-0.15, -0.1) is 6.42 Å². The van der Waals surface area contributed by atoms with Gasteiger partial charge in [-0.25, -0.2) is 4.79 Å². The maximum Gasteiger partial charge on any atom is 0.150 e. The van der Waals surface area contributed by atoms with Gasteiger partial charge in [0.05, 0.1) is 6.54 Å². The monoisotopic (exact) mass is 283 g/mol. The molecule has 0 atom stereocenters. The van der Waals surface area contributed by atoms with Gasteiger partial charge in [-0.2, -0.15) is 0 Å². The average Bonchev–Trinajstić information content (AvgIpc) is 2.50. The molecule has 0 aliphatic rings. The molecule has 1 rings (SSSR count). The minimum atomic E-state index is 0.331. The zero-order chi connectivity index (χ0) is 16.1. The van der Waals surface area contributed by atoms with E-state index in [1.807, 2.05) is 31.3 Å². The molecule has 0 unspecified atom stereocenters. The molecule has 0 heterocycles. The summed E-state index contributed by atoms with van der Waals surface area (Å²) in [5.41, 5.74) is 8.35. The molecule has 0 aliphatic heterocycles. The molecule has 0 saturated carbocycles. The van der Waals surface area contributed by atoms with Crippen LogP contribution >= 0.6 is 0 Å². The Morgan fingerprint density at radius 1 is 1.48 bits per heavy atom. The van der Waals surface area contributed by atoms with Crippen LogP contribution in [0.3, 0.4) is 0 Å². The average molecular weight is 283 g/mol. The predicted octanol–water partition coefficient (Wildman–Crippen LogP) is 1.45. The summed E-state index contributed by atoms with van der Waals surface area (Å²) >= 11 is 0. The second-order valence-corrected chi connectivity index (χ2v) is 3.99. The van der Waals surface area contributed by atoms with Gasteiger partial charge in [0.2, 0.25) is 0 Å². The van der Waals surface area contributed by atoms with Crippen molar-refractivity contribution in [1.82, 2.24) is 10.6 Å². The van der Waals surface area contributed by atoms with E-state index in [9.17, 15) is 4.79 Å². The summed E-state index contributed by atoms with van der Waals surface area (Å²) in [6, 6.07) is 7.60. The Bertz CT molecular complexity index is 564. The van der Waals surface area contributed by atoms with Crippen LogP contribution in [0.4, 0.5) is 0 Å². The van der Waals surface area contributed by atoms with Gasteiger partial charge in [0.25, 0.3) is 0 Å². The van der Waals surface area contributed by atoms with Gasteiger partial charge in [0.15, 0.2) is 0 Å². The highest BCUT2D eigenvalue weighted by atomic mass is 16.1. The highest BCUT2D eigenvalue weighted by Gasteiger charge is 2.02. The zero-order valence-corrected chi connectivity index (χ0v) is 12.3. The second kappa shape index (κ2) is 11.1. The molecule has 0 radical (unpaired) electrons. The van der Waals surface area contributed by atoms with Crippen LogP contribution in [0.25, 0.3) is 5.70 Å². The molecule has 0 aliphatic carbocycles. The molecular formula is C17H21N3O. The quantitative estimate of drug-likeness (QED) is 0.420. The Morgan fingerprint density at radius 2 is 2.14 bits per heavy atom. The van der Waals surface area contributed by atoms with Crippen LogP contribution in [0, 0.1) is 12.3 Å². The van der Waals surface area contributed by atoms with E-state index in [4.69, 9.17) is 12.2 Å². The van der Waals surface area contributed by atoms with Gasteiger partial charge < -0.3 is 16.4 Å². The molecule has 4 N–H and O–H groups in total. The smallest absolute Gasteiger partial charge is 0.150 e. The van der Waals surface area contributed by atoms with Gasteiger partial charge in [-0.1, -0.05) is 43.3 Å². The Hall–Kier alpha value is -2.73. The number of nitrogens with two attached hydrogens (primary N) is 1. The predicted molar refractivity (Wildman–Crippen MR) is 88.7 cm³/mol. The van der Waals surface area contributed by atoms with Gasteiger partial charge >= 0.3 is 0 Å². The van der Waals surface area contributed by atoms with Crippen molar-refractivity contribution in [3.05, 3.63) is 60.3 Å². The summed E-state index contributed by atoms with van der Waals surface area (Å²) in [6.45, 7) is 8.35. The zero-order valence-electron chi connectivity index (χ0n) is 12.3. The molecule has 4 nitrogen and oxygen atoms in total. The molecule has 0 saturated heterocycles. The Kier molecular flexibility index (Phi) is 9.68. The summed E-state index contributed by atoms with van der Waals surface area (Å²) < 4.78 is 0. The Morgan fingerprint density at radius 3 is 2.57 bits per heavy atom. The maximum atomic E-state index is 10.4. The summed E-state index contributed by atoms with van der Waals surface area (Å²) in [6.07, 6.45) is 6.25. The van der Waals surface area contributed by atoms with Crippen LogP contribution in [-0.2, 0) is 11.3 Å². The minimum absolute atomic E-state index is 0.331. The van der Waals surface area contributed by atoms with Crippen LogP contribution in [0.1, 0.15) is 11.1 Å². The molecule has 0 amide bonds. The fraction of sp³-hybridized carbons (Fsp3) is 0.176. The van der Waals surface area contributed by atoms with E-state index in [0.29, 0.717) is 24.5 Å². The third-order valence-corrected chi connectivity index (χ3v) is 2.43. The number of carbonyl (C=O) groups excluding carboxylic acids is 1. The van der Waals surface area contributed by atoms with E-state index in [1.54, 1.807) is 5.94 Å². The van der Waals surface area contributed by atoms with Crippen molar-refractivity contribution in [2.24, 2.45) is 5.73 Å². The number of hydrogen-bond donors (Lipinski definition) is 3. The lowest BCUT2D eigenvalue weighted by atomic mass is 10.1. The summed E-state index contributed by atoms with van der Waals surface area (Å²) in [7, 11) is 1.82. The van der Waals surface area contributed by atoms with Crippen LogP contribution in [0.15, 0.2) is 49.2 Å². The molecule has 0 aromatic heterocycles. The normalized spacial score (nSPS) is 8.38. The fourth-order valence-corrected chi connectivity index (χ4v) is 1.43. The van der Waals surface area contributed by atoms with Crippen molar-refractivity contribution in [3.8, 4) is 12.3 Å². The molecule has 0 spiro atoms. The molecule has 4 heteroatoms. The summed E-state index contributed by atoms with van der Waals surface area (Å²) in [5, 5.41) is 5.69. The minimum Gasteiger partial charge on any atom is -0.399 e. The molecule has 1 aromatic rings. The summed E-state index contributed by atoms with van der Waals surface area (Å²) in [4.78, 5) is 10.4. The van der Waals surface area contributed by atoms with E-state index < -0.39 is 0 Å². The van der Waals surface area contributed by atoms with Crippen molar-refractivity contribution < 1.29 is 4.79 Å². The highest BCUT2D eigenvalue weighted by Crippen LogP contribution is 2.13. The van der Waals surface area contributed by atoms with Crippen molar-refractivity contribution in [3.63, 3.8) is 0 Å². The number of terminal acetylenes is 1. The fourth-order valence-electron chi connectivity index (χ4n) is 1.43. The van der Waals surface area contributed by atoms with E-state index >= 15 is 0 Å². The SMILES string of the molecule is C#CCNC.C=CC(=C=O)NCc1ccccc1C(=C)N. The largest absolute Gasteiger partial charge is 0.399 e. The lowest BCUT2D eigenvalue weighted by molar-refractivity contribution is 0.565. The van der Waals surface area contributed by atoms with Crippen molar-refractivity contribution >= 4 is 11.6 Å². The number of benzene rings is 1.